The first kappa shape index (κ1) is 14.6. The third-order valence-corrected chi connectivity index (χ3v) is 3.75. The second-order valence-corrected chi connectivity index (χ2v) is 5.35. The van der Waals surface area contributed by atoms with Crippen LogP contribution in [0.25, 0.3) is 10.9 Å². The van der Waals surface area contributed by atoms with Crippen LogP contribution in [0.15, 0.2) is 33.9 Å². The van der Waals surface area contributed by atoms with Gasteiger partial charge in [-0.15, -0.1) is 0 Å². The van der Waals surface area contributed by atoms with Crippen LogP contribution in [0, 0.1) is 0 Å². The van der Waals surface area contributed by atoms with E-state index in [2.05, 4.69) is 11.9 Å². The van der Waals surface area contributed by atoms with Crippen molar-refractivity contribution in [2.24, 2.45) is 0 Å². The SMILES string of the molecule is CCCCCCC(C)n1c(=O)[nH]c2ccccc2c1=O. The molecular weight excluding hydrogens is 252 g/mol. The van der Waals surface area contributed by atoms with Gasteiger partial charge in [-0.2, -0.15) is 0 Å². The van der Waals surface area contributed by atoms with E-state index in [1.807, 2.05) is 19.1 Å². The van der Waals surface area contributed by atoms with Crippen LogP contribution in [-0.4, -0.2) is 9.55 Å². The van der Waals surface area contributed by atoms with Crippen molar-refractivity contribution in [3.8, 4) is 0 Å². The molecule has 1 aromatic heterocycles. The second kappa shape index (κ2) is 6.55. The molecular formula is C16H22N2O2. The summed E-state index contributed by atoms with van der Waals surface area (Å²) in [4.78, 5) is 27.3. The van der Waals surface area contributed by atoms with E-state index in [1.165, 1.54) is 17.4 Å². The zero-order valence-corrected chi connectivity index (χ0v) is 12.2. The Morgan fingerprint density at radius 1 is 1.15 bits per heavy atom. The summed E-state index contributed by atoms with van der Waals surface area (Å²) in [6.45, 7) is 4.11. The van der Waals surface area contributed by atoms with Gasteiger partial charge in [-0.05, 0) is 25.5 Å². The minimum Gasteiger partial charge on any atom is -0.307 e. The Morgan fingerprint density at radius 3 is 2.65 bits per heavy atom. The molecule has 0 amide bonds. The number of nitrogens with one attached hydrogen (secondary N) is 1. The first-order chi connectivity index (χ1) is 9.65. The van der Waals surface area contributed by atoms with E-state index < -0.39 is 0 Å². The molecule has 1 unspecified atom stereocenters. The highest BCUT2D eigenvalue weighted by molar-refractivity contribution is 5.76. The topological polar surface area (TPSA) is 54.9 Å². The van der Waals surface area contributed by atoms with Gasteiger partial charge in [-0.25, -0.2) is 4.79 Å². The molecule has 108 valence electrons. The Balaban J connectivity index is 2.29. The fourth-order valence-corrected chi connectivity index (χ4v) is 2.57. The van der Waals surface area contributed by atoms with Crippen molar-refractivity contribution in [2.75, 3.05) is 0 Å². The highest BCUT2D eigenvalue weighted by Crippen LogP contribution is 2.13. The first-order valence-electron chi connectivity index (χ1n) is 7.38. The van der Waals surface area contributed by atoms with E-state index in [-0.39, 0.29) is 17.3 Å². The van der Waals surface area contributed by atoms with Crippen LogP contribution in [0.2, 0.25) is 0 Å². The molecule has 0 spiro atoms. The third-order valence-electron chi connectivity index (χ3n) is 3.75. The van der Waals surface area contributed by atoms with E-state index >= 15 is 0 Å². The first-order valence-corrected chi connectivity index (χ1v) is 7.38. The molecule has 1 aromatic carbocycles. The summed E-state index contributed by atoms with van der Waals surface area (Å²) in [5.41, 5.74) is 0.112. The molecule has 0 saturated carbocycles. The molecule has 4 nitrogen and oxygen atoms in total. The Labute approximate surface area is 118 Å². The molecule has 4 heteroatoms. The highest BCUT2D eigenvalue weighted by Gasteiger charge is 2.12. The van der Waals surface area contributed by atoms with E-state index in [9.17, 15) is 9.59 Å². The number of nitrogens with zero attached hydrogens (tertiary/aromatic N) is 1. The van der Waals surface area contributed by atoms with Gasteiger partial charge in [0.25, 0.3) is 5.56 Å². The molecule has 1 atom stereocenters. The lowest BCUT2D eigenvalue weighted by molar-refractivity contribution is 0.448. The molecule has 0 bridgehead atoms. The molecule has 0 saturated heterocycles. The minimum absolute atomic E-state index is 0.0623. The van der Waals surface area contributed by atoms with Crippen molar-refractivity contribution in [3.63, 3.8) is 0 Å². The van der Waals surface area contributed by atoms with Gasteiger partial charge in [0.15, 0.2) is 0 Å². The zero-order chi connectivity index (χ0) is 14.5. The van der Waals surface area contributed by atoms with E-state index in [0.29, 0.717) is 10.9 Å². The Hall–Kier alpha value is -1.84. The number of aromatic amines is 1. The van der Waals surface area contributed by atoms with Gasteiger partial charge in [0, 0.05) is 6.04 Å². The lowest BCUT2D eigenvalue weighted by atomic mass is 10.1. The number of H-pyrrole nitrogens is 1. The molecule has 2 aromatic rings. The van der Waals surface area contributed by atoms with Crippen LogP contribution in [0.4, 0.5) is 0 Å². The van der Waals surface area contributed by atoms with Crippen molar-refractivity contribution in [1.29, 1.82) is 0 Å². The van der Waals surface area contributed by atoms with E-state index in [1.54, 1.807) is 12.1 Å². The monoisotopic (exact) mass is 274 g/mol. The molecule has 0 aliphatic carbocycles. The highest BCUT2D eigenvalue weighted by atomic mass is 16.2. The van der Waals surface area contributed by atoms with Gasteiger partial charge >= 0.3 is 5.69 Å². The summed E-state index contributed by atoms with van der Waals surface area (Å²) in [5, 5.41) is 0.576. The fourth-order valence-electron chi connectivity index (χ4n) is 2.57. The van der Waals surface area contributed by atoms with E-state index in [0.717, 1.165) is 19.3 Å². The molecule has 20 heavy (non-hydrogen) atoms. The lowest BCUT2D eigenvalue weighted by Gasteiger charge is -2.14. The summed E-state index contributed by atoms with van der Waals surface area (Å²) in [6, 6.07) is 7.09. The molecule has 0 radical (unpaired) electrons. The normalized spacial score (nSPS) is 12.7. The molecule has 0 aliphatic heterocycles. The van der Waals surface area contributed by atoms with Gasteiger partial charge in [-0.3, -0.25) is 9.36 Å². The number of aromatic nitrogens is 2. The van der Waals surface area contributed by atoms with Gasteiger partial charge < -0.3 is 4.98 Å². The van der Waals surface area contributed by atoms with Crippen LogP contribution >= 0.6 is 0 Å². The number of rotatable bonds is 6. The lowest BCUT2D eigenvalue weighted by Crippen LogP contribution is -2.37. The standard InChI is InChI=1S/C16H22N2O2/c1-3-4-5-6-9-12(2)18-15(19)13-10-7-8-11-14(13)17-16(18)20/h7-8,10-12H,3-6,9H2,1-2H3,(H,17,20). The Kier molecular flexibility index (Phi) is 4.77. The maximum absolute atomic E-state index is 12.4. The van der Waals surface area contributed by atoms with Crippen molar-refractivity contribution in [3.05, 3.63) is 45.1 Å². The second-order valence-electron chi connectivity index (χ2n) is 5.35. The Morgan fingerprint density at radius 2 is 1.90 bits per heavy atom. The smallest absolute Gasteiger partial charge is 0.307 e. The number of fused-ring (bicyclic) bond motifs is 1. The van der Waals surface area contributed by atoms with E-state index in [4.69, 9.17) is 0 Å². The summed E-state index contributed by atoms with van der Waals surface area (Å²) >= 11 is 0. The van der Waals surface area contributed by atoms with Crippen molar-refractivity contribution in [2.45, 2.75) is 52.0 Å². The predicted octanol–water partition coefficient (Wildman–Crippen LogP) is 3.22. The fraction of sp³-hybridized carbons (Fsp3) is 0.500. The van der Waals surface area contributed by atoms with Crippen molar-refractivity contribution < 1.29 is 0 Å². The van der Waals surface area contributed by atoms with Crippen LogP contribution in [0.5, 0.6) is 0 Å². The molecule has 1 N–H and O–H groups in total. The molecule has 0 fully saturated rings. The van der Waals surface area contributed by atoms with Crippen LogP contribution in [0.1, 0.15) is 52.0 Å². The largest absolute Gasteiger partial charge is 0.329 e. The van der Waals surface area contributed by atoms with Gasteiger partial charge in [0.2, 0.25) is 0 Å². The quantitative estimate of drug-likeness (QED) is 0.822. The maximum Gasteiger partial charge on any atom is 0.329 e. The molecule has 2 rings (SSSR count). The number of unbranched alkanes of at least 4 members (excludes halogenated alkanes) is 3. The Bertz CT molecular complexity index is 685. The van der Waals surface area contributed by atoms with Gasteiger partial charge in [0.05, 0.1) is 10.9 Å². The number of hydrogen-bond donors (Lipinski definition) is 1. The van der Waals surface area contributed by atoms with Crippen LogP contribution < -0.4 is 11.2 Å². The van der Waals surface area contributed by atoms with Gasteiger partial charge in [0.1, 0.15) is 0 Å². The summed E-state index contributed by atoms with van der Waals surface area (Å²) in [5.74, 6) is 0. The third kappa shape index (κ3) is 3.00. The average molecular weight is 274 g/mol. The summed E-state index contributed by atoms with van der Waals surface area (Å²) in [6.07, 6.45) is 5.46. The summed E-state index contributed by atoms with van der Waals surface area (Å²) in [7, 11) is 0. The van der Waals surface area contributed by atoms with Crippen molar-refractivity contribution >= 4 is 10.9 Å². The average Bonchev–Trinajstić information content (AvgIpc) is 2.43. The minimum atomic E-state index is -0.309. The number of para-hydroxylation sites is 1. The predicted molar refractivity (Wildman–Crippen MR) is 82.3 cm³/mol. The molecule has 1 heterocycles. The summed E-state index contributed by atoms with van der Waals surface area (Å²) < 4.78 is 1.36. The van der Waals surface area contributed by atoms with Crippen LogP contribution in [-0.2, 0) is 0 Å². The number of hydrogen-bond acceptors (Lipinski definition) is 2. The molecule has 0 aliphatic rings. The zero-order valence-electron chi connectivity index (χ0n) is 12.2. The number of benzene rings is 1. The van der Waals surface area contributed by atoms with Gasteiger partial charge in [-0.1, -0.05) is 44.7 Å². The van der Waals surface area contributed by atoms with Crippen molar-refractivity contribution in [1.82, 2.24) is 9.55 Å². The maximum atomic E-state index is 12.4. The van der Waals surface area contributed by atoms with Crippen LogP contribution in [0.3, 0.4) is 0 Å².